The number of aromatic amines is 1. The van der Waals surface area contributed by atoms with Gasteiger partial charge in [0.05, 0.1) is 29.4 Å². The highest BCUT2D eigenvalue weighted by Gasteiger charge is 2.13. The second-order valence-electron chi connectivity index (χ2n) is 4.48. The molecule has 2 amide bonds. The Morgan fingerprint density at radius 2 is 2.14 bits per heavy atom. The smallest absolute Gasteiger partial charge is 0.253 e. The van der Waals surface area contributed by atoms with E-state index in [1.165, 1.54) is 0 Å². The van der Waals surface area contributed by atoms with Crippen LogP contribution in [0.1, 0.15) is 28.9 Å². The molecule has 2 aromatic rings. The Bertz CT molecular complexity index is 628. The number of hydrogen-bond donors (Lipinski definition) is 3. The van der Waals surface area contributed by atoms with Crippen LogP contribution in [0.2, 0.25) is 5.02 Å². The second-order valence-corrected chi connectivity index (χ2v) is 4.89. The number of rotatable bonds is 5. The Morgan fingerprint density at radius 1 is 1.38 bits per heavy atom. The fourth-order valence-electron chi connectivity index (χ4n) is 1.77. The molecule has 6 nitrogen and oxygen atoms in total. The number of H-pyrrole nitrogens is 1. The minimum absolute atomic E-state index is 0.119. The first-order valence-electron chi connectivity index (χ1n) is 6.38. The zero-order valence-corrected chi connectivity index (χ0v) is 12.1. The quantitative estimate of drug-likeness (QED) is 0.785. The van der Waals surface area contributed by atoms with Crippen molar-refractivity contribution in [2.24, 2.45) is 0 Å². The van der Waals surface area contributed by atoms with Gasteiger partial charge in [-0.05, 0) is 19.1 Å². The molecule has 2 rings (SSSR count). The van der Waals surface area contributed by atoms with Crippen LogP contribution in [0.5, 0.6) is 0 Å². The van der Waals surface area contributed by atoms with Crippen molar-refractivity contribution in [3.63, 3.8) is 0 Å². The highest BCUT2D eigenvalue weighted by Crippen LogP contribution is 2.14. The van der Waals surface area contributed by atoms with E-state index in [1.807, 2.05) is 6.92 Å². The molecule has 110 valence electrons. The third-order valence-corrected chi connectivity index (χ3v) is 3.25. The van der Waals surface area contributed by atoms with Gasteiger partial charge in [-0.1, -0.05) is 23.7 Å². The van der Waals surface area contributed by atoms with E-state index in [4.69, 9.17) is 11.6 Å². The predicted molar refractivity (Wildman–Crippen MR) is 78.9 cm³/mol. The third-order valence-electron chi connectivity index (χ3n) is 2.92. The Labute approximate surface area is 126 Å². The van der Waals surface area contributed by atoms with E-state index >= 15 is 0 Å². The number of carbonyl (C=O) groups excluding carboxylic acids is 2. The minimum atomic E-state index is -0.383. The monoisotopic (exact) mass is 306 g/mol. The maximum atomic E-state index is 11.9. The molecule has 0 saturated heterocycles. The van der Waals surface area contributed by atoms with Crippen molar-refractivity contribution in [3.8, 4) is 0 Å². The van der Waals surface area contributed by atoms with Crippen LogP contribution in [0.15, 0.2) is 36.7 Å². The standard InChI is InChI=1S/C14H15ClN4O2/c1-9(10-6-17-18-7-10)19-13(20)8-16-14(21)11-4-2-3-5-12(11)15/h2-7,9H,8H2,1H3,(H,16,21)(H,17,18)(H,19,20). The van der Waals surface area contributed by atoms with E-state index in [0.29, 0.717) is 10.6 Å². The van der Waals surface area contributed by atoms with Gasteiger partial charge in [-0.15, -0.1) is 0 Å². The first-order chi connectivity index (χ1) is 10.1. The summed E-state index contributed by atoms with van der Waals surface area (Å²) in [6.07, 6.45) is 3.33. The Balaban J connectivity index is 1.84. The Kier molecular flexibility index (Phi) is 4.94. The summed E-state index contributed by atoms with van der Waals surface area (Å²) in [5.41, 5.74) is 1.20. The van der Waals surface area contributed by atoms with Crippen LogP contribution in [0, 0.1) is 0 Å². The number of halogens is 1. The maximum Gasteiger partial charge on any atom is 0.253 e. The van der Waals surface area contributed by atoms with Gasteiger partial charge in [0, 0.05) is 11.8 Å². The van der Waals surface area contributed by atoms with Crippen LogP contribution >= 0.6 is 11.6 Å². The molecule has 1 aromatic heterocycles. The van der Waals surface area contributed by atoms with Crippen molar-refractivity contribution in [2.45, 2.75) is 13.0 Å². The fourth-order valence-corrected chi connectivity index (χ4v) is 2.00. The number of hydrogen-bond acceptors (Lipinski definition) is 3. The molecule has 0 aliphatic carbocycles. The number of nitrogens with zero attached hydrogens (tertiary/aromatic N) is 1. The predicted octanol–water partition coefficient (Wildman–Crippen LogP) is 1.67. The molecule has 0 radical (unpaired) electrons. The van der Waals surface area contributed by atoms with Gasteiger partial charge in [0.1, 0.15) is 0 Å². The summed E-state index contributed by atoms with van der Waals surface area (Å²) in [6, 6.07) is 6.48. The average molecular weight is 307 g/mol. The SMILES string of the molecule is CC(NC(=O)CNC(=O)c1ccccc1Cl)c1cn[nH]c1. The lowest BCUT2D eigenvalue weighted by Crippen LogP contribution is -2.38. The average Bonchev–Trinajstić information content (AvgIpc) is 2.99. The van der Waals surface area contributed by atoms with E-state index in [9.17, 15) is 9.59 Å². The zero-order chi connectivity index (χ0) is 15.2. The van der Waals surface area contributed by atoms with Crippen molar-refractivity contribution < 1.29 is 9.59 Å². The van der Waals surface area contributed by atoms with E-state index in [-0.39, 0.29) is 24.4 Å². The number of aromatic nitrogens is 2. The van der Waals surface area contributed by atoms with Crippen molar-refractivity contribution in [2.75, 3.05) is 6.54 Å². The van der Waals surface area contributed by atoms with Gasteiger partial charge in [-0.3, -0.25) is 14.7 Å². The van der Waals surface area contributed by atoms with Crippen molar-refractivity contribution in [3.05, 3.63) is 52.8 Å². The molecule has 0 fully saturated rings. The molecular weight excluding hydrogens is 292 g/mol. The molecule has 0 spiro atoms. The summed E-state index contributed by atoms with van der Waals surface area (Å²) in [5.74, 6) is -0.671. The van der Waals surface area contributed by atoms with Gasteiger partial charge in [-0.2, -0.15) is 5.10 Å². The van der Waals surface area contributed by atoms with Gasteiger partial charge in [0.15, 0.2) is 0 Å². The molecule has 1 heterocycles. The van der Waals surface area contributed by atoms with E-state index < -0.39 is 0 Å². The molecule has 7 heteroatoms. The molecule has 3 N–H and O–H groups in total. The summed E-state index contributed by atoms with van der Waals surface area (Å²) in [4.78, 5) is 23.7. The maximum absolute atomic E-state index is 11.9. The molecular formula is C14H15ClN4O2. The van der Waals surface area contributed by atoms with Crippen LogP contribution in [0.25, 0.3) is 0 Å². The summed E-state index contributed by atoms with van der Waals surface area (Å²) < 4.78 is 0. The number of benzene rings is 1. The number of amides is 2. The zero-order valence-electron chi connectivity index (χ0n) is 11.4. The second kappa shape index (κ2) is 6.90. The Morgan fingerprint density at radius 3 is 2.81 bits per heavy atom. The first kappa shape index (κ1) is 15.1. The van der Waals surface area contributed by atoms with Crippen LogP contribution in [-0.4, -0.2) is 28.6 Å². The van der Waals surface area contributed by atoms with Gasteiger partial charge in [0.25, 0.3) is 5.91 Å². The first-order valence-corrected chi connectivity index (χ1v) is 6.76. The lowest BCUT2D eigenvalue weighted by molar-refractivity contribution is -0.120. The molecule has 0 aliphatic heterocycles. The van der Waals surface area contributed by atoms with Crippen molar-refractivity contribution in [1.82, 2.24) is 20.8 Å². The van der Waals surface area contributed by atoms with Crippen LogP contribution in [0.3, 0.4) is 0 Å². The summed E-state index contributed by atoms with van der Waals surface area (Å²) in [5, 5.41) is 12.1. The highest BCUT2D eigenvalue weighted by molar-refractivity contribution is 6.33. The summed E-state index contributed by atoms with van der Waals surface area (Å²) >= 11 is 5.91. The molecule has 1 aromatic carbocycles. The van der Waals surface area contributed by atoms with Crippen molar-refractivity contribution in [1.29, 1.82) is 0 Å². The number of carbonyl (C=O) groups is 2. The van der Waals surface area contributed by atoms with Gasteiger partial charge in [-0.25, -0.2) is 0 Å². The third kappa shape index (κ3) is 4.06. The van der Waals surface area contributed by atoms with E-state index in [1.54, 1.807) is 36.7 Å². The molecule has 21 heavy (non-hydrogen) atoms. The van der Waals surface area contributed by atoms with Crippen LogP contribution in [0.4, 0.5) is 0 Å². The van der Waals surface area contributed by atoms with Gasteiger partial charge >= 0.3 is 0 Å². The Hall–Kier alpha value is -2.34. The van der Waals surface area contributed by atoms with E-state index in [0.717, 1.165) is 5.56 Å². The normalized spacial score (nSPS) is 11.7. The van der Waals surface area contributed by atoms with Crippen molar-refractivity contribution >= 4 is 23.4 Å². The molecule has 0 bridgehead atoms. The molecule has 0 aliphatic rings. The fraction of sp³-hybridized carbons (Fsp3) is 0.214. The van der Waals surface area contributed by atoms with Crippen LogP contribution in [-0.2, 0) is 4.79 Å². The van der Waals surface area contributed by atoms with Gasteiger partial charge < -0.3 is 10.6 Å². The van der Waals surface area contributed by atoms with Crippen LogP contribution < -0.4 is 10.6 Å². The summed E-state index contributed by atoms with van der Waals surface area (Å²) in [7, 11) is 0. The summed E-state index contributed by atoms with van der Waals surface area (Å²) in [6.45, 7) is 1.71. The van der Waals surface area contributed by atoms with Gasteiger partial charge in [0.2, 0.25) is 5.91 Å². The minimum Gasteiger partial charge on any atom is -0.348 e. The van der Waals surface area contributed by atoms with E-state index in [2.05, 4.69) is 20.8 Å². The molecule has 1 unspecified atom stereocenters. The topological polar surface area (TPSA) is 86.9 Å². The molecule has 0 saturated carbocycles. The molecule has 1 atom stereocenters. The lowest BCUT2D eigenvalue weighted by Gasteiger charge is -2.12. The lowest BCUT2D eigenvalue weighted by atomic mass is 10.2. The highest BCUT2D eigenvalue weighted by atomic mass is 35.5. The number of nitrogens with one attached hydrogen (secondary N) is 3. The largest absolute Gasteiger partial charge is 0.348 e.